The van der Waals surface area contributed by atoms with Gasteiger partial charge in [0.15, 0.2) is 0 Å². The lowest BCUT2D eigenvalue weighted by atomic mass is 9.42. The van der Waals surface area contributed by atoms with E-state index in [1.165, 1.54) is 24.8 Å². The van der Waals surface area contributed by atoms with Crippen LogP contribution in [-0.4, -0.2) is 30.3 Å². The maximum absolute atomic E-state index is 13.8. The summed E-state index contributed by atoms with van der Waals surface area (Å²) in [5.41, 5.74) is 1.93. The standard InChI is InChI=1S/C26H29BrN2O2/c1-29(16-23(30)28-22-10-6-5-9-21(22)27)24(31)26-14-18-11-19(15-26)13-25(12-18,17-26)20-7-3-2-4-8-20/h2-10,18-19H,11-17H2,1H3,(H,28,30). The van der Waals surface area contributed by atoms with Crippen molar-refractivity contribution in [1.82, 2.24) is 4.90 Å². The SMILES string of the molecule is CN(CC(=O)Nc1ccccc1Br)C(=O)C12CC3CC(C1)CC(c1ccccc1)(C3)C2. The summed E-state index contributed by atoms with van der Waals surface area (Å²) in [5.74, 6) is 1.23. The molecule has 4 aliphatic carbocycles. The average molecular weight is 481 g/mol. The summed E-state index contributed by atoms with van der Waals surface area (Å²) in [4.78, 5) is 28.1. The quantitative estimate of drug-likeness (QED) is 0.623. The molecule has 4 aliphatic rings. The predicted molar refractivity (Wildman–Crippen MR) is 126 cm³/mol. The maximum atomic E-state index is 13.8. The Morgan fingerprint density at radius 3 is 2.32 bits per heavy atom. The van der Waals surface area contributed by atoms with Crippen molar-refractivity contribution in [1.29, 1.82) is 0 Å². The van der Waals surface area contributed by atoms with Crippen LogP contribution >= 0.6 is 15.9 Å². The molecule has 2 aromatic carbocycles. The number of benzene rings is 2. The molecule has 0 saturated heterocycles. The molecule has 0 radical (unpaired) electrons. The zero-order valence-corrected chi connectivity index (χ0v) is 19.5. The molecule has 6 rings (SSSR count). The van der Waals surface area contributed by atoms with Crippen LogP contribution in [0.25, 0.3) is 0 Å². The number of rotatable bonds is 5. The third-order valence-electron chi connectivity index (χ3n) is 7.78. The zero-order valence-electron chi connectivity index (χ0n) is 17.9. The van der Waals surface area contributed by atoms with Gasteiger partial charge in [0.2, 0.25) is 11.8 Å². The van der Waals surface area contributed by atoms with Gasteiger partial charge in [0.05, 0.1) is 17.6 Å². The number of nitrogens with one attached hydrogen (secondary N) is 1. The highest BCUT2D eigenvalue weighted by molar-refractivity contribution is 9.10. The Bertz CT molecular complexity index is 991. The van der Waals surface area contributed by atoms with Gasteiger partial charge in [-0.15, -0.1) is 0 Å². The number of likely N-dealkylation sites (N-methyl/N-ethyl adjacent to an activating group) is 1. The van der Waals surface area contributed by atoms with Crippen molar-refractivity contribution in [3.8, 4) is 0 Å². The van der Waals surface area contributed by atoms with Crippen molar-refractivity contribution in [3.05, 3.63) is 64.6 Å². The fourth-order valence-electron chi connectivity index (χ4n) is 7.09. The van der Waals surface area contributed by atoms with Gasteiger partial charge in [-0.25, -0.2) is 0 Å². The Kier molecular flexibility index (Phi) is 5.20. The van der Waals surface area contributed by atoms with Crippen LogP contribution in [0.2, 0.25) is 0 Å². The van der Waals surface area contributed by atoms with Gasteiger partial charge in [0.25, 0.3) is 0 Å². The Morgan fingerprint density at radius 2 is 1.65 bits per heavy atom. The number of amides is 2. The molecule has 0 aromatic heterocycles. The lowest BCUT2D eigenvalue weighted by Gasteiger charge is -2.62. The van der Waals surface area contributed by atoms with Gasteiger partial charge in [-0.2, -0.15) is 0 Å². The minimum absolute atomic E-state index is 0.0790. The average Bonchev–Trinajstić information content (AvgIpc) is 2.74. The maximum Gasteiger partial charge on any atom is 0.244 e. The van der Waals surface area contributed by atoms with E-state index in [0.29, 0.717) is 11.8 Å². The number of hydrogen-bond acceptors (Lipinski definition) is 2. The number of halogens is 1. The van der Waals surface area contributed by atoms with Crippen LogP contribution in [0.1, 0.15) is 44.1 Å². The van der Waals surface area contributed by atoms with Crippen LogP contribution in [0, 0.1) is 17.3 Å². The van der Waals surface area contributed by atoms with E-state index in [1.54, 1.807) is 11.9 Å². The highest BCUT2D eigenvalue weighted by atomic mass is 79.9. The van der Waals surface area contributed by atoms with Crippen LogP contribution in [0.15, 0.2) is 59.1 Å². The van der Waals surface area contributed by atoms with E-state index in [2.05, 4.69) is 51.6 Å². The highest BCUT2D eigenvalue weighted by Gasteiger charge is 2.61. The Labute approximate surface area is 192 Å². The lowest BCUT2D eigenvalue weighted by Crippen LogP contribution is -2.59. The van der Waals surface area contributed by atoms with Crippen molar-refractivity contribution in [2.75, 3.05) is 18.9 Å². The van der Waals surface area contributed by atoms with E-state index >= 15 is 0 Å². The van der Waals surface area contributed by atoms with Gasteiger partial charge < -0.3 is 10.2 Å². The Balaban J connectivity index is 1.34. The molecule has 2 aromatic rings. The van der Waals surface area contributed by atoms with E-state index < -0.39 is 0 Å². The number of anilines is 1. The Hall–Kier alpha value is -2.14. The van der Waals surface area contributed by atoms with Gasteiger partial charge in [-0.1, -0.05) is 42.5 Å². The minimum Gasteiger partial charge on any atom is -0.336 e. The first-order valence-electron chi connectivity index (χ1n) is 11.2. The van der Waals surface area contributed by atoms with Gasteiger partial charge in [0, 0.05) is 11.5 Å². The molecular formula is C26H29BrN2O2. The molecule has 1 N–H and O–H groups in total. The summed E-state index contributed by atoms with van der Waals surface area (Å²) in [5, 5.41) is 2.92. The summed E-state index contributed by atoms with van der Waals surface area (Å²) in [7, 11) is 1.79. The molecule has 0 spiro atoms. The van der Waals surface area contributed by atoms with Crippen LogP contribution < -0.4 is 5.32 Å². The zero-order chi connectivity index (χ0) is 21.6. The molecule has 2 unspecified atom stereocenters. The largest absolute Gasteiger partial charge is 0.336 e. The second-order valence-electron chi connectivity index (χ2n) is 10.1. The summed E-state index contributed by atoms with van der Waals surface area (Å²) in [6, 6.07) is 18.4. The fourth-order valence-corrected chi connectivity index (χ4v) is 7.47. The monoisotopic (exact) mass is 480 g/mol. The van der Waals surface area contributed by atoms with E-state index in [0.717, 1.165) is 29.4 Å². The van der Waals surface area contributed by atoms with Crippen molar-refractivity contribution in [3.63, 3.8) is 0 Å². The molecular weight excluding hydrogens is 452 g/mol. The van der Waals surface area contributed by atoms with Crippen molar-refractivity contribution >= 4 is 33.4 Å². The molecule has 4 bridgehead atoms. The molecule has 4 nitrogen and oxygen atoms in total. The first-order valence-corrected chi connectivity index (χ1v) is 12.0. The second kappa shape index (κ2) is 7.77. The van der Waals surface area contributed by atoms with Crippen molar-refractivity contribution < 1.29 is 9.59 Å². The summed E-state index contributed by atoms with van der Waals surface area (Å²) < 4.78 is 0.836. The van der Waals surface area contributed by atoms with Crippen molar-refractivity contribution in [2.45, 2.75) is 43.9 Å². The third kappa shape index (κ3) is 3.71. The minimum atomic E-state index is -0.317. The normalized spacial score (nSPS) is 30.8. The van der Waals surface area contributed by atoms with Crippen molar-refractivity contribution in [2.24, 2.45) is 17.3 Å². The molecule has 5 heteroatoms. The van der Waals surface area contributed by atoms with E-state index in [9.17, 15) is 9.59 Å². The molecule has 4 fully saturated rings. The number of hydrogen-bond donors (Lipinski definition) is 1. The topological polar surface area (TPSA) is 49.4 Å². The fraction of sp³-hybridized carbons (Fsp3) is 0.462. The lowest BCUT2D eigenvalue weighted by molar-refractivity contribution is -0.159. The molecule has 4 saturated carbocycles. The number of carbonyl (C=O) groups is 2. The van der Waals surface area contributed by atoms with E-state index in [1.807, 2.05) is 24.3 Å². The molecule has 2 amide bonds. The molecule has 31 heavy (non-hydrogen) atoms. The number of nitrogens with zero attached hydrogens (tertiary/aromatic N) is 1. The van der Waals surface area contributed by atoms with E-state index in [4.69, 9.17) is 0 Å². The molecule has 2 atom stereocenters. The second-order valence-corrected chi connectivity index (χ2v) is 10.9. The third-order valence-corrected chi connectivity index (χ3v) is 8.47. The van der Waals surface area contributed by atoms with E-state index in [-0.39, 0.29) is 29.2 Å². The van der Waals surface area contributed by atoms with Crippen LogP contribution in [0.5, 0.6) is 0 Å². The number of carbonyl (C=O) groups excluding carboxylic acids is 2. The first kappa shape index (κ1) is 20.7. The molecule has 162 valence electrons. The van der Waals surface area contributed by atoms with Gasteiger partial charge >= 0.3 is 0 Å². The smallest absolute Gasteiger partial charge is 0.244 e. The predicted octanol–water partition coefficient (Wildman–Crippen LogP) is 5.38. The van der Waals surface area contributed by atoms with Gasteiger partial charge in [0.1, 0.15) is 0 Å². The summed E-state index contributed by atoms with van der Waals surface area (Å²) in [6.45, 7) is 0.0790. The first-order chi connectivity index (χ1) is 14.9. The summed E-state index contributed by atoms with van der Waals surface area (Å²) >= 11 is 3.46. The van der Waals surface area contributed by atoms with Crippen LogP contribution in [0.4, 0.5) is 5.69 Å². The van der Waals surface area contributed by atoms with Gasteiger partial charge in [-0.3, -0.25) is 9.59 Å². The van der Waals surface area contributed by atoms with Crippen LogP contribution in [-0.2, 0) is 15.0 Å². The summed E-state index contributed by atoms with van der Waals surface area (Å²) in [6.07, 6.45) is 6.55. The Morgan fingerprint density at radius 1 is 1.00 bits per heavy atom. The molecule has 0 heterocycles. The number of para-hydroxylation sites is 1. The highest BCUT2D eigenvalue weighted by Crippen LogP contribution is 2.66. The van der Waals surface area contributed by atoms with Crippen LogP contribution in [0.3, 0.4) is 0 Å². The van der Waals surface area contributed by atoms with Gasteiger partial charge in [-0.05, 0) is 89.4 Å². The molecule has 0 aliphatic heterocycles.